The first-order valence-electron chi connectivity index (χ1n) is 5.70. The third kappa shape index (κ3) is 2.14. The normalized spacial score (nSPS) is 10.3. The maximum atomic E-state index is 8.92. The molecule has 19 heavy (non-hydrogen) atoms. The number of benzene rings is 1. The van der Waals surface area contributed by atoms with E-state index in [1.54, 1.807) is 29.9 Å². The monoisotopic (exact) mass is 266 g/mol. The molecule has 92 valence electrons. The van der Waals surface area contributed by atoms with E-state index in [9.17, 15) is 0 Å². The van der Waals surface area contributed by atoms with Gasteiger partial charge in [-0.15, -0.1) is 11.3 Å². The Balaban J connectivity index is 2.02. The number of aromatic nitrogens is 3. The van der Waals surface area contributed by atoms with Crippen molar-refractivity contribution in [3.63, 3.8) is 0 Å². The Morgan fingerprint density at radius 2 is 2.26 bits per heavy atom. The molecule has 0 aliphatic carbocycles. The molecule has 0 atom stereocenters. The molecule has 0 saturated carbocycles. The highest BCUT2D eigenvalue weighted by Crippen LogP contribution is 2.28. The van der Waals surface area contributed by atoms with E-state index in [0.717, 1.165) is 22.0 Å². The minimum atomic E-state index is 0.646. The number of hydrogen-bond donors (Lipinski definition) is 0. The first-order chi connectivity index (χ1) is 9.28. The Kier molecular flexibility index (Phi) is 2.86. The molecule has 2 heterocycles. The van der Waals surface area contributed by atoms with Gasteiger partial charge in [0.1, 0.15) is 5.01 Å². The molecule has 0 fully saturated rings. The molecule has 0 aliphatic rings. The van der Waals surface area contributed by atoms with Crippen LogP contribution in [-0.4, -0.2) is 14.5 Å². The summed E-state index contributed by atoms with van der Waals surface area (Å²) in [4.78, 5) is 8.70. The van der Waals surface area contributed by atoms with Gasteiger partial charge in [0, 0.05) is 18.0 Å². The molecule has 2 aromatic heterocycles. The maximum absolute atomic E-state index is 8.92. The summed E-state index contributed by atoms with van der Waals surface area (Å²) >= 11 is 1.57. The van der Waals surface area contributed by atoms with Crippen molar-refractivity contribution in [2.45, 2.75) is 0 Å². The topological polar surface area (TPSA) is 54.5 Å². The van der Waals surface area contributed by atoms with E-state index in [4.69, 9.17) is 5.26 Å². The predicted octanol–water partition coefficient (Wildman–Crippen LogP) is 3.08. The molecular weight excluding hydrogens is 256 g/mol. The van der Waals surface area contributed by atoms with Gasteiger partial charge in [0.2, 0.25) is 0 Å². The molecule has 4 nitrogen and oxygen atoms in total. The number of aryl methyl sites for hydroxylation is 1. The summed E-state index contributed by atoms with van der Waals surface area (Å²) in [7, 11) is 1.94. The number of nitriles is 1. The van der Waals surface area contributed by atoms with Gasteiger partial charge in [-0.05, 0) is 12.1 Å². The van der Waals surface area contributed by atoms with E-state index in [1.165, 1.54) is 0 Å². The molecule has 0 spiro atoms. The quantitative estimate of drug-likeness (QED) is 0.716. The van der Waals surface area contributed by atoms with Crippen LogP contribution in [0.25, 0.3) is 22.0 Å². The maximum Gasteiger partial charge on any atom is 0.142 e. The molecule has 0 saturated heterocycles. The Morgan fingerprint density at radius 3 is 3.00 bits per heavy atom. The molecule has 0 amide bonds. The van der Waals surface area contributed by atoms with Crippen LogP contribution >= 0.6 is 11.3 Å². The first-order valence-corrected chi connectivity index (χ1v) is 6.58. The van der Waals surface area contributed by atoms with Gasteiger partial charge in [0.25, 0.3) is 0 Å². The second-order valence-corrected chi connectivity index (χ2v) is 4.98. The predicted molar refractivity (Wildman–Crippen MR) is 74.5 cm³/mol. The van der Waals surface area contributed by atoms with Gasteiger partial charge in [0.15, 0.2) is 0 Å². The summed E-state index contributed by atoms with van der Waals surface area (Å²) in [6, 6.07) is 9.61. The summed E-state index contributed by atoms with van der Waals surface area (Å²) in [6.07, 6.45) is 3.56. The van der Waals surface area contributed by atoms with Crippen molar-refractivity contribution in [2.24, 2.45) is 7.05 Å². The fourth-order valence-corrected chi connectivity index (χ4v) is 2.72. The fraction of sp³-hybridized carbons (Fsp3) is 0.0714. The van der Waals surface area contributed by atoms with Gasteiger partial charge in [-0.1, -0.05) is 12.1 Å². The number of thiazole rings is 1. The highest BCUT2D eigenvalue weighted by molar-refractivity contribution is 7.13. The Labute approximate surface area is 114 Å². The zero-order valence-corrected chi connectivity index (χ0v) is 11.1. The third-order valence-electron chi connectivity index (χ3n) is 2.83. The van der Waals surface area contributed by atoms with Crippen LogP contribution in [0.15, 0.2) is 42.2 Å². The lowest BCUT2D eigenvalue weighted by Gasteiger charge is -1.98. The zero-order valence-electron chi connectivity index (χ0n) is 10.2. The Hall–Kier alpha value is -2.45. The van der Waals surface area contributed by atoms with E-state index in [2.05, 4.69) is 16.0 Å². The van der Waals surface area contributed by atoms with Gasteiger partial charge in [-0.3, -0.25) is 0 Å². The van der Waals surface area contributed by atoms with Gasteiger partial charge in [-0.2, -0.15) is 5.26 Å². The van der Waals surface area contributed by atoms with Gasteiger partial charge >= 0.3 is 0 Å². The summed E-state index contributed by atoms with van der Waals surface area (Å²) in [5, 5.41) is 11.8. The number of nitrogens with zero attached hydrogens (tertiary/aromatic N) is 4. The summed E-state index contributed by atoms with van der Waals surface area (Å²) in [5.74, 6) is 0. The Morgan fingerprint density at radius 1 is 1.37 bits per heavy atom. The molecule has 3 aromatic rings. The molecule has 3 rings (SSSR count). The average Bonchev–Trinajstić information content (AvgIpc) is 3.07. The van der Waals surface area contributed by atoms with Crippen LogP contribution < -0.4 is 0 Å². The number of rotatable bonds is 2. The molecule has 0 N–H and O–H groups in total. The van der Waals surface area contributed by atoms with Crippen molar-refractivity contribution < 1.29 is 0 Å². The minimum Gasteiger partial charge on any atom is -0.332 e. The highest BCUT2D eigenvalue weighted by Gasteiger charge is 2.09. The van der Waals surface area contributed by atoms with Crippen molar-refractivity contribution in [3.05, 3.63) is 47.7 Å². The van der Waals surface area contributed by atoms with Crippen LogP contribution in [0, 0.1) is 11.3 Å². The fourth-order valence-electron chi connectivity index (χ4n) is 1.84. The van der Waals surface area contributed by atoms with Crippen LogP contribution in [-0.2, 0) is 7.05 Å². The van der Waals surface area contributed by atoms with Crippen molar-refractivity contribution >= 4 is 11.3 Å². The summed E-state index contributed by atoms with van der Waals surface area (Å²) in [5.41, 5.74) is 3.49. The van der Waals surface area contributed by atoms with Crippen LogP contribution in [0.5, 0.6) is 0 Å². The largest absolute Gasteiger partial charge is 0.332 e. The SMILES string of the molecule is Cn1cncc1-c1nc(-c2cccc(C#N)c2)cs1. The van der Waals surface area contributed by atoms with Gasteiger partial charge in [0.05, 0.1) is 35.5 Å². The van der Waals surface area contributed by atoms with Crippen molar-refractivity contribution in [2.75, 3.05) is 0 Å². The van der Waals surface area contributed by atoms with Gasteiger partial charge < -0.3 is 4.57 Å². The highest BCUT2D eigenvalue weighted by atomic mass is 32.1. The molecule has 1 aromatic carbocycles. The lowest BCUT2D eigenvalue weighted by Crippen LogP contribution is -1.88. The molecular formula is C14H10N4S. The zero-order chi connectivity index (χ0) is 13.2. The standard InChI is InChI=1S/C14H10N4S/c1-18-9-16-7-13(18)14-17-12(8-19-14)11-4-2-3-10(5-11)6-15/h2-5,7-9H,1H3. The number of imidazole rings is 1. The third-order valence-corrected chi connectivity index (χ3v) is 3.69. The second-order valence-electron chi connectivity index (χ2n) is 4.12. The summed E-state index contributed by atoms with van der Waals surface area (Å²) in [6.45, 7) is 0. The van der Waals surface area contributed by atoms with E-state index in [0.29, 0.717) is 5.56 Å². The lowest BCUT2D eigenvalue weighted by molar-refractivity contribution is 0.920. The minimum absolute atomic E-state index is 0.646. The smallest absolute Gasteiger partial charge is 0.142 e. The van der Waals surface area contributed by atoms with Crippen LogP contribution in [0.3, 0.4) is 0 Å². The van der Waals surface area contributed by atoms with E-state index in [1.807, 2.05) is 35.2 Å². The van der Waals surface area contributed by atoms with E-state index in [-0.39, 0.29) is 0 Å². The van der Waals surface area contributed by atoms with Crippen LogP contribution in [0.2, 0.25) is 0 Å². The molecule has 5 heteroatoms. The van der Waals surface area contributed by atoms with Gasteiger partial charge in [-0.25, -0.2) is 9.97 Å². The van der Waals surface area contributed by atoms with E-state index >= 15 is 0 Å². The molecule has 0 unspecified atom stereocenters. The molecule has 0 aliphatic heterocycles. The summed E-state index contributed by atoms with van der Waals surface area (Å²) < 4.78 is 1.94. The van der Waals surface area contributed by atoms with Crippen LogP contribution in [0.1, 0.15) is 5.56 Å². The van der Waals surface area contributed by atoms with Crippen molar-refractivity contribution in [1.82, 2.24) is 14.5 Å². The van der Waals surface area contributed by atoms with Crippen LogP contribution in [0.4, 0.5) is 0 Å². The van der Waals surface area contributed by atoms with E-state index < -0.39 is 0 Å². The molecule has 0 bridgehead atoms. The molecule has 0 radical (unpaired) electrons. The Bertz CT molecular complexity index is 764. The average molecular weight is 266 g/mol. The first kappa shape index (κ1) is 11.6. The second kappa shape index (κ2) is 4.67. The number of hydrogen-bond acceptors (Lipinski definition) is 4. The lowest BCUT2D eigenvalue weighted by atomic mass is 10.1. The van der Waals surface area contributed by atoms with Crippen molar-refractivity contribution in [3.8, 4) is 28.0 Å². The van der Waals surface area contributed by atoms with Crippen molar-refractivity contribution in [1.29, 1.82) is 5.26 Å².